The van der Waals surface area contributed by atoms with E-state index in [0.717, 1.165) is 19.4 Å². The number of aromatic amines is 1. The second-order valence-corrected chi connectivity index (χ2v) is 3.43. The van der Waals surface area contributed by atoms with E-state index < -0.39 is 23.7 Å². The summed E-state index contributed by atoms with van der Waals surface area (Å²) in [7, 11) is 1.08. The van der Waals surface area contributed by atoms with Gasteiger partial charge < -0.3 is 19.9 Å². The van der Waals surface area contributed by atoms with Crippen molar-refractivity contribution in [3.8, 4) is 0 Å². The van der Waals surface area contributed by atoms with Gasteiger partial charge in [0, 0.05) is 11.8 Å². The van der Waals surface area contributed by atoms with Crippen LogP contribution in [-0.2, 0) is 9.53 Å². The highest BCUT2D eigenvalue weighted by Gasteiger charge is 2.26. The van der Waals surface area contributed by atoms with Gasteiger partial charge in [0.25, 0.3) is 5.56 Å². The molecule has 6 nitrogen and oxygen atoms in total. The first kappa shape index (κ1) is 12.7. The first-order valence-electron chi connectivity index (χ1n) is 4.29. The third kappa shape index (κ3) is 2.60. The predicted molar refractivity (Wildman–Crippen MR) is 55.1 cm³/mol. The Balaban J connectivity index is 2.96. The Kier molecular flexibility index (Phi) is 4.05. The number of aromatic nitrogens is 1. The van der Waals surface area contributed by atoms with Crippen molar-refractivity contribution in [2.24, 2.45) is 0 Å². The van der Waals surface area contributed by atoms with Gasteiger partial charge in [-0.1, -0.05) is 11.6 Å². The van der Waals surface area contributed by atoms with Gasteiger partial charge >= 0.3 is 5.97 Å². The Morgan fingerprint density at radius 2 is 2.19 bits per heavy atom. The van der Waals surface area contributed by atoms with Crippen molar-refractivity contribution in [2.45, 2.75) is 12.2 Å². The third-order valence-corrected chi connectivity index (χ3v) is 2.24. The number of carbonyl (C=O) groups excluding carboxylic acids is 1. The monoisotopic (exact) mass is 247 g/mol. The summed E-state index contributed by atoms with van der Waals surface area (Å²) in [5.41, 5.74) is -0.410. The zero-order valence-corrected chi connectivity index (χ0v) is 9.06. The van der Waals surface area contributed by atoms with Gasteiger partial charge in [0.1, 0.15) is 11.1 Å². The van der Waals surface area contributed by atoms with Crippen LogP contribution in [0.15, 0.2) is 17.1 Å². The smallest absolute Gasteiger partial charge is 0.337 e. The molecule has 1 heterocycles. The van der Waals surface area contributed by atoms with Crippen LogP contribution >= 0.6 is 11.6 Å². The number of halogens is 1. The molecule has 0 saturated carbocycles. The molecule has 0 aliphatic carbocycles. The van der Waals surface area contributed by atoms with Crippen LogP contribution in [0.5, 0.6) is 0 Å². The fourth-order valence-corrected chi connectivity index (χ4v) is 1.25. The molecule has 1 aromatic heterocycles. The second-order valence-electron chi connectivity index (χ2n) is 3.02. The maximum atomic E-state index is 10.9. The molecule has 0 bridgehead atoms. The standard InChI is InChI=1S/C9H10ClNO5/c1-16-9(15)7(13)6(12)4-2-5(10)8(14)11-3-4/h2-3,6-7,12-13H,1H3,(H,11,14). The van der Waals surface area contributed by atoms with Crippen molar-refractivity contribution < 1.29 is 19.7 Å². The number of carbonyl (C=O) groups is 1. The number of pyridine rings is 1. The van der Waals surface area contributed by atoms with E-state index in [2.05, 4.69) is 9.72 Å². The molecule has 1 aromatic rings. The number of aliphatic hydroxyl groups is 2. The molecule has 88 valence electrons. The van der Waals surface area contributed by atoms with E-state index in [1.54, 1.807) is 0 Å². The molecular weight excluding hydrogens is 238 g/mol. The highest BCUT2D eigenvalue weighted by atomic mass is 35.5. The fourth-order valence-electron chi connectivity index (χ4n) is 1.07. The van der Waals surface area contributed by atoms with E-state index in [1.807, 2.05) is 0 Å². The van der Waals surface area contributed by atoms with E-state index in [4.69, 9.17) is 11.6 Å². The maximum Gasteiger partial charge on any atom is 0.337 e. The van der Waals surface area contributed by atoms with Gasteiger partial charge in [-0.2, -0.15) is 0 Å². The number of ether oxygens (including phenoxy) is 1. The third-order valence-electron chi connectivity index (χ3n) is 1.96. The highest BCUT2D eigenvalue weighted by molar-refractivity contribution is 6.30. The van der Waals surface area contributed by atoms with Crippen molar-refractivity contribution in [1.82, 2.24) is 4.98 Å². The molecule has 0 aromatic carbocycles. The van der Waals surface area contributed by atoms with Gasteiger partial charge in [-0.15, -0.1) is 0 Å². The molecule has 0 aliphatic heterocycles. The first-order chi connectivity index (χ1) is 7.47. The Morgan fingerprint density at radius 1 is 1.56 bits per heavy atom. The minimum Gasteiger partial charge on any atom is -0.467 e. The molecule has 2 atom stereocenters. The number of aliphatic hydroxyl groups excluding tert-OH is 2. The minimum absolute atomic E-state index is 0.113. The summed E-state index contributed by atoms with van der Waals surface area (Å²) in [6.07, 6.45) is -2.08. The van der Waals surface area contributed by atoms with Gasteiger partial charge in [-0.05, 0) is 6.07 Å². The number of hydrogen-bond donors (Lipinski definition) is 3. The van der Waals surface area contributed by atoms with Gasteiger partial charge in [0.2, 0.25) is 0 Å². The lowest BCUT2D eigenvalue weighted by molar-refractivity contribution is -0.156. The van der Waals surface area contributed by atoms with Gasteiger partial charge in [-0.3, -0.25) is 4.79 Å². The molecule has 7 heteroatoms. The molecule has 0 fully saturated rings. The number of methoxy groups -OCH3 is 1. The zero-order valence-electron chi connectivity index (χ0n) is 8.31. The lowest BCUT2D eigenvalue weighted by Gasteiger charge is -2.15. The Bertz CT molecular complexity index is 444. The zero-order chi connectivity index (χ0) is 12.3. The van der Waals surface area contributed by atoms with E-state index in [-0.39, 0.29) is 10.6 Å². The molecule has 3 N–H and O–H groups in total. The summed E-state index contributed by atoms with van der Waals surface area (Å²) in [6.45, 7) is 0. The molecular formula is C9H10ClNO5. The quantitative estimate of drug-likeness (QED) is 0.631. The topological polar surface area (TPSA) is 99.6 Å². The summed E-state index contributed by atoms with van der Waals surface area (Å²) in [5, 5.41) is 18.8. The molecule has 0 radical (unpaired) electrons. The average Bonchev–Trinajstić information content (AvgIpc) is 2.29. The van der Waals surface area contributed by atoms with Crippen LogP contribution in [0.1, 0.15) is 11.7 Å². The lowest BCUT2D eigenvalue weighted by atomic mass is 10.1. The number of hydrogen-bond acceptors (Lipinski definition) is 5. The molecule has 1 rings (SSSR count). The Hall–Kier alpha value is -1.37. The molecule has 2 unspecified atom stereocenters. The number of nitrogens with one attached hydrogen (secondary N) is 1. The van der Waals surface area contributed by atoms with E-state index in [1.165, 1.54) is 0 Å². The van der Waals surface area contributed by atoms with Crippen molar-refractivity contribution >= 4 is 17.6 Å². The normalized spacial score (nSPS) is 14.2. The van der Waals surface area contributed by atoms with Gasteiger partial charge in [0.05, 0.1) is 7.11 Å². The molecule has 16 heavy (non-hydrogen) atoms. The van der Waals surface area contributed by atoms with E-state index in [0.29, 0.717) is 0 Å². The minimum atomic E-state index is -1.73. The predicted octanol–water partition coefficient (Wildman–Crippen LogP) is -0.404. The van der Waals surface area contributed by atoms with Crippen molar-refractivity contribution in [1.29, 1.82) is 0 Å². The van der Waals surface area contributed by atoms with Crippen LogP contribution in [0.4, 0.5) is 0 Å². The SMILES string of the molecule is COC(=O)C(O)C(O)c1c[nH]c(=O)c(Cl)c1. The van der Waals surface area contributed by atoms with Crippen LogP contribution in [0.25, 0.3) is 0 Å². The maximum absolute atomic E-state index is 10.9. The van der Waals surface area contributed by atoms with E-state index >= 15 is 0 Å². The summed E-state index contributed by atoms with van der Waals surface area (Å²) < 4.78 is 4.25. The molecule has 0 spiro atoms. The number of H-pyrrole nitrogens is 1. The van der Waals surface area contributed by atoms with Crippen LogP contribution < -0.4 is 5.56 Å². The van der Waals surface area contributed by atoms with Gasteiger partial charge in [-0.25, -0.2) is 4.79 Å². The largest absolute Gasteiger partial charge is 0.467 e. The summed E-state index contributed by atoms with van der Waals surface area (Å²) in [6, 6.07) is 1.16. The lowest BCUT2D eigenvalue weighted by Crippen LogP contribution is -2.29. The first-order valence-corrected chi connectivity index (χ1v) is 4.67. The second kappa shape index (κ2) is 5.11. The highest BCUT2D eigenvalue weighted by Crippen LogP contribution is 2.18. The summed E-state index contributed by atoms with van der Waals surface area (Å²) >= 11 is 5.52. The van der Waals surface area contributed by atoms with Crippen molar-refractivity contribution in [3.63, 3.8) is 0 Å². The summed E-state index contributed by atoms with van der Waals surface area (Å²) in [4.78, 5) is 24.1. The molecule has 0 aliphatic rings. The average molecular weight is 248 g/mol. The summed E-state index contributed by atoms with van der Waals surface area (Å²) in [5.74, 6) is -0.977. The van der Waals surface area contributed by atoms with Crippen molar-refractivity contribution in [2.75, 3.05) is 7.11 Å². The molecule has 0 amide bonds. The van der Waals surface area contributed by atoms with Gasteiger partial charge in [0.15, 0.2) is 6.10 Å². The van der Waals surface area contributed by atoms with Crippen LogP contribution in [-0.4, -0.2) is 34.4 Å². The Labute approximate surface area is 95.4 Å². The van der Waals surface area contributed by atoms with Crippen LogP contribution in [0.3, 0.4) is 0 Å². The Morgan fingerprint density at radius 3 is 2.69 bits per heavy atom. The van der Waals surface area contributed by atoms with Crippen molar-refractivity contribution in [3.05, 3.63) is 33.2 Å². The van der Waals surface area contributed by atoms with Crippen LogP contribution in [0, 0.1) is 0 Å². The van der Waals surface area contributed by atoms with Crippen LogP contribution in [0.2, 0.25) is 5.02 Å². The fraction of sp³-hybridized carbons (Fsp3) is 0.333. The molecule has 0 saturated heterocycles. The van der Waals surface area contributed by atoms with E-state index in [9.17, 15) is 19.8 Å². The number of esters is 1. The number of rotatable bonds is 3.